The van der Waals surface area contributed by atoms with Gasteiger partial charge in [-0.1, -0.05) is 6.92 Å². The maximum absolute atomic E-state index is 3.94. The average Bonchev–Trinajstić information content (AvgIpc) is 2.37. The van der Waals surface area contributed by atoms with Gasteiger partial charge in [-0.05, 0) is 13.0 Å². The van der Waals surface area contributed by atoms with Crippen LogP contribution in [0.4, 0.5) is 0 Å². The van der Waals surface area contributed by atoms with Gasteiger partial charge in [-0.25, -0.2) is 0 Å². The molecule has 1 aromatic heterocycles. The Morgan fingerprint density at radius 1 is 1.64 bits per heavy atom. The Labute approximate surface area is 66.6 Å². The van der Waals surface area contributed by atoms with E-state index < -0.39 is 0 Å². The molecule has 0 fully saturated rings. The Morgan fingerprint density at radius 3 is 3.00 bits per heavy atom. The number of rotatable bonds is 4. The summed E-state index contributed by atoms with van der Waals surface area (Å²) in [4.78, 5) is 0. The molecular weight excluding hydrogens is 140 g/mol. The zero-order chi connectivity index (χ0) is 8.10. The summed E-state index contributed by atoms with van der Waals surface area (Å²) in [5, 5.41) is 11.0. The third-order valence-corrected chi connectivity index (χ3v) is 1.52. The predicted molar refractivity (Wildman–Crippen MR) is 43.0 cm³/mol. The van der Waals surface area contributed by atoms with Gasteiger partial charge < -0.3 is 9.88 Å². The fraction of sp³-hybridized carbons (Fsp3) is 0.714. The molecule has 1 heterocycles. The summed E-state index contributed by atoms with van der Waals surface area (Å²) >= 11 is 0. The highest BCUT2D eigenvalue weighted by Gasteiger charge is 1.97. The van der Waals surface area contributed by atoms with E-state index in [9.17, 15) is 0 Å². The van der Waals surface area contributed by atoms with Crippen molar-refractivity contribution in [1.29, 1.82) is 0 Å². The van der Waals surface area contributed by atoms with E-state index in [0.717, 1.165) is 25.3 Å². The molecular formula is C7H14N4. The van der Waals surface area contributed by atoms with Gasteiger partial charge in [0.25, 0.3) is 0 Å². The van der Waals surface area contributed by atoms with Crippen molar-refractivity contribution >= 4 is 0 Å². The largest absolute Gasteiger partial charge is 0.320 e. The Bertz CT molecular complexity index is 206. The van der Waals surface area contributed by atoms with Crippen LogP contribution >= 0.6 is 0 Å². The summed E-state index contributed by atoms with van der Waals surface area (Å²) in [5.41, 5.74) is 0. The van der Waals surface area contributed by atoms with Crippen LogP contribution in [-0.2, 0) is 13.6 Å². The van der Waals surface area contributed by atoms with Crippen molar-refractivity contribution in [2.75, 3.05) is 6.54 Å². The van der Waals surface area contributed by atoms with E-state index in [-0.39, 0.29) is 0 Å². The second-order valence-electron chi connectivity index (χ2n) is 2.53. The van der Waals surface area contributed by atoms with Crippen LogP contribution < -0.4 is 5.32 Å². The van der Waals surface area contributed by atoms with Gasteiger partial charge in [-0.15, -0.1) is 10.2 Å². The van der Waals surface area contributed by atoms with E-state index >= 15 is 0 Å². The van der Waals surface area contributed by atoms with Crippen LogP contribution in [0.5, 0.6) is 0 Å². The van der Waals surface area contributed by atoms with Crippen LogP contribution in [0.2, 0.25) is 0 Å². The van der Waals surface area contributed by atoms with Crippen molar-refractivity contribution in [1.82, 2.24) is 20.1 Å². The van der Waals surface area contributed by atoms with Crippen molar-refractivity contribution in [3.05, 3.63) is 12.2 Å². The summed E-state index contributed by atoms with van der Waals surface area (Å²) in [6, 6.07) is 0. The second kappa shape index (κ2) is 4.08. The first kappa shape index (κ1) is 8.20. The van der Waals surface area contributed by atoms with Crippen LogP contribution in [0.1, 0.15) is 19.2 Å². The lowest BCUT2D eigenvalue weighted by atomic mass is 10.4. The lowest BCUT2D eigenvalue weighted by molar-refractivity contribution is 0.629. The summed E-state index contributed by atoms with van der Waals surface area (Å²) in [6.45, 7) is 3.99. The molecule has 11 heavy (non-hydrogen) atoms. The van der Waals surface area contributed by atoms with E-state index in [2.05, 4.69) is 22.4 Å². The van der Waals surface area contributed by atoms with E-state index in [1.54, 1.807) is 6.33 Å². The Kier molecular flexibility index (Phi) is 3.04. The van der Waals surface area contributed by atoms with Gasteiger partial charge in [0, 0.05) is 7.05 Å². The van der Waals surface area contributed by atoms with E-state index in [0.29, 0.717) is 0 Å². The Morgan fingerprint density at radius 2 is 2.45 bits per heavy atom. The van der Waals surface area contributed by atoms with Crippen molar-refractivity contribution in [3.63, 3.8) is 0 Å². The molecule has 4 heteroatoms. The minimum Gasteiger partial charge on any atom is -0.320 e. The van der Waals surface area contributed by atoms with E-state index in [1.165, 1.54) is 0 Å². The first-order valence-corrected chi connectivity index (χ1v) is 3.88. The molecule has 0 aliphatic heterocycles. The summed E-state index contributed by atoms with van der Waals surface area (Å²) < 4.78 is 1.92. The fourth-order valence-corrected chi connectivity index (χ4v) is 0.844. The Hall–Kier alpha value is -0.900. The number of aromatic nitrogens is 3. The summed E-state index contributed by atoms with van der Waals surface area (Å²) in [6.07, 6.45) is 2.86. The van der Waals surface area contributed by atoms with Gasteiger partial charge in [0.05, 0.1) is 6.54 Å². The fourth-order valence-electron chi connectivity index (χ4n) is 0.844. The molecule has 0 atom stereocenters. The molecule has 0 aliphatic rings. The van der Waals surface area contributed by atoms with Gasteiger partial charge in [-0.3, -0.25) is 0 Å². The van der Waals surface area contributed by atoms with E-state index in [1.807, 2.05) is 11.6 Å². The predicted octanol–water partition coefficient (Wildman–Crippen LogP) is 0.315. The SMILES string of the molecule is CCCNCc1nncn1C. The third-order valence-electron chi connectivity index (χ3n) is 1.52. The minimum absolute atomic E-state index is 0.810. The lowest BCUT2D eigenvalue weighted by Gasteiger charge is -2.00. The zero-order valence-electron chi connectivity index (χ0n) is 7.04. The molecule has 4 nitrogen and oxygen atoms in total. The molecule has 1 aromatic rings. The Balaban J connectivity index is 2.32. The molecule has 0 saturated carbocycles. The zero-order valence-corrected chi connectivity index (χ0v) is 7.04. The van der Waals surface area contributed by atoms with E-state index in [4.69, 9.17) is 0 Å². The van der Waals surface area contributed by atoms with Gasteiger partial charge in [-0.2, -0.15) is 0 Å². The van der Waals surface area contributed by atoms with Gasteiger partial charge in [0.2, 0.25) is 0 Å². The van der Waals surface area contributed by atoms with Gasteiger partial charge >= 0.3 is 0 Å². The molecule has 0 spiro atoms. The standard InChI is InChI=1S/C7H14N4/c1-3-4-8-5-7-10-9-6-11(7)2/h6,8H,3-5H2,1-2H3. The normalized spacial score (nSPS) is 10.4. The molecule has 1 N–H and O–H groups in total. The molecule has 62 valence electrons. The van der Waals surface area contributed by atoms with Gasteiger partial charge in [0.1, 0.15) is 12.2 Å². The lowest BCUT2D eigenvalue weighted by Crippen LogP contribution is -2.16. The van der Waals surface area contributed by atoms with Crippen LogP contribution in [0.25, 0.3) is 0 Å². The number of hydrogen-bond acceptors (Lipinski definition) is 3. The maximum Gasteiger partial charge on any atom is 0.146 e. The van der Waals surface area contributed by atoms with Gasteiger partial charge in [0.15, 0.2) is 0 Å². The molecule has 0 aliphatic carbocycles. The summed E-state index contributed by atoms with van der Waals surface area (Å²) in [5.74, 6) is 0.985. The quantitative estimate of drug-likeness (QED) is 0.635. The molecule has 0 aromatic carbocycles. The highest BCUT2D eigenvalue weighted by Crippen LogP contribution is 1.89. The smallest absolute Gasteiger partial charge is 0.146 e. The average molecular weight is 154 g/mol. The third kappa shape index (κ3) is 2.31. The molecule has 1 rings (SSSR count). The second-order valence-corrected chi connectivity index (χ2v) is 2.53. The topological polar surface area (TPSA) is 42.7 Å². The maximum atomic E-state index is 3.94. The van der Waals surface area contributed by atoms with Crippen LogP contribution in [0, 0.1) is 0 Å². The van der Waals surface area contributed by atoms with Crippen molar-refractivity contribution in [2.45, 2.75) is 19.9 Å². The summed E-state index contributed by atoms with van der Waals surface area (Å²) in [7, 11) is 1.95. The highest BCUT2D eigenvalue weighted by molar-refractivity contribution is 4.82. The minimum atomic E-state index is 0.810. The number of hydrogen-bond donors (Lipinski definition) is 1. The molecule has 0 bridgehead atoms. The molecule has 0 radical (unpaired) electrons. The van der Waals surface area contributed by atoms with Crippen LogP contribution in [0.3, 0.4) is 0 Å². The van der Waals surface area contributed by atoms with Crippen molar-refractivity contribution < 1.29 is 0 Å². The molecule has 0 amide bonds. The molecule has 0 saturated heterocycles. The van der Waals surface area contributed by atoms with Crippen molar-refractivity contribution in [2.24, 2.45) is 7.05 Å². The first-order valence-electron chi connectivity index (χ1n) is 3.88. The van der Waals surface area contributed by atoms with Crippen LogP contribution in [-0.4, -0.2) is 21.3 Å². The highest BCUT2D eigenvalue weighted by atomic mass is 15.3. The number of aryl methyl sites for hydroxylation is 1. The van der Waals surface area contributed by atoms with Crippen LogP contribution in [0.15, 0.2) is 6.33 Å². The molecule has 0 unspecified atom stereocenters. The monoisotopic (exact) mass is 154 g/mol. The van der Waals surface area contributed by atoms with Crippen molar-refractivity contribution in [3.8, 4) is 0 Å². The number of nitrogens with one attached hydrogen (secondary N) is 1. The first-order chi connectivity index (χ1) is 5.34. The number of nitrogens with zero attached hydrogens (tertiary/aromatic N) is 3.